The molecule has 0 aliphatic carbocycles. The third kappa shape index (κ3) is 2.57. The Morgan fingerprint density at radius 2 is 1.00 bits per heavy atom. The maximum Gasteiger partial charge on any atom is 0.191 e. The number of rotatable bonds is 3. The summed E-state index contributed by atoms with van der Waals surface area (Å²) >= 11 is 0. The molecule has 0 aromatic heterocycles. The minimum atomic E-state index is -0.782. The Morgan fingerprint density at radius 3 is 1.00 bits per heavy atom. The highest BCUT2D eigenvalue weighted by Gasteiger charge is 2.37. The molecule has 3 unspecified atom stereocenters. The molecule has 3 atom stereocenters. The van der Waals surface area contributed by atoms with E-state index in [4.69, 9.17) is 0 Å². The minimum Gasteiger partial charge on any atom is -1.00 e. The summed E-state index contributed by atoms with van der Waals surface area (Å²) in [6.45, 7) is 4.62. The fraction of sp³-hybridized carbons (Fsp3) is 1.00. The Kier molecular flexibility index (Phi) is 6.09. The number of hydrogen-bond donors (Lipinski definition) is 3. The van der Waals surface area contributed by atoms with Crippen molar-refractivity contribution >= 4 is 0 Å². The van der Waals surface area contributed by atoms with Crippen LogP contribution in [0.5, 0.6) is 0 Å². The van der Waals surface area contributed by atoms with Crippen LogP contribution in [-0.2, 0) is 0 Å². The van der Waals surface area contributed by atoms with E-state index in [1.807, 2.05) is 0 Å². The molecule has 0 rings (SSSR count). The van der Waals surface area contributed by atoms with Crippen molar-refractivity contribution in [3.63, 3.8) is 0 Å². The first-order chi connectivity index (χ1) is 4.83. The molecule has 4 nitrogen and oxygen atoms in total. The molecule has 0 aliphatic heterocycles. The van der Waals surface area contributed by atoms with Crippen LogP contribution < -0.4 is 12.4 Å². The zero-order valence-electron chi connectivity index (χ0n) is 7.90. The molecule has 3 N–H and O–H groups in total. The van der Waals surface area contributed by atoms with Gasteiger partial charge in [0.2, 0.25) is 0 Å². The molecule has 0 fully saturated rings. The van der Waals surface area contributed by atoms with E-state index >= 15 is 0 Å². The van der Waals surface area contributed by atoms with E-state index in [1.165, 1.54) is 0 Å². The normalized spacial score (nSPS) is 23.2. The molecule has 0 saturated carbocycles. The lowest BCUT2D eigenvalue weighted by atomic mass is 10.3. The molecule has 0 heterocycles. The van der Waals surface area contributed by atoms with Crippen molar-refractivity contribution in [2.45, 2.75) is 39.5 Å². The van der Waals surface area contributed by atoms with Crippen LogP contribution in [-0.4, -0.2) is 45.5 Å². The maximum absolute atomic E-state index is 9.26. The van der Waals surface area contributed by atoms with E-state index in [2.05, 4.69) is 0 Å². The quantitative estimate of drug-likeness (QED) is 0.326. The van der Waals surface area contributed by atoms with Crippen LogP contribution in [0, 0.1) is 0 Å². The third-order valence-electron chi connectivity index (χ3n) is 2.42. The van der Waals surface area contributed by atoms with E-state index in [0.717, 1.165) is 0 Å². The van der Waals surface area contributed by atoms with E-state index in [0.29, 0.717) is 0 Å². The molecule has 0 aromatic carbocycles. The molecule has 0 bridgehead atoms. The number of hydrogen-bond acceptors (Lipinski definition) is 3. The highest BCUT2D eigenvalue weighted by atomic mass is 35.5. The maximum atomic E-state index is 9.26. The molecule has 5 heteroatoms. The van der Waals surface area contributed by atoms with Crippen LogP contribution in [0.1, 0.15) is 20.8 Å². The minimum absolute atomic E-state index is 0. The second-order valence-electron chi connectivity index (χ2n) is 3.12. The molecule has 0 amide bonds. The molecule has 0 saturated heterocycles. The van der Waals surface area contributed by atoms with Gasteiger partial charge in [-0.3, -0.25) is 4.48 Å². The van der Waals surface area contributed by atoms with Crippen LogP contribution in [0.3, 0.4) is 0 Å². The number of aliphatic hydroxyl groups excluding tert-OH is 3. The van der Waals surface area contributed by atoms with Crippen molar-refractivity contribution in [2.75, 3.05) is 7.05 Å². The van der Waals surface area contributed by atoms with Crippen LogP contribution in [0.2, 0.25) is 0 Å². The second kappa shape index (κ2) is 4.99. The summed E-state index contributed by atoms with van der Waals surface area (Å²) in [6.07, 6.45) is -2.35. The van der Waals surface area contributed by atoms with Crippen molar-refractivity contribution in [1.82, 2.24) is 0 Å². The van der Waals surface area contributed by atoms with Crippen molar-refractivity contribution in [3.8, 4) is 0 Å². The van der Waals surface area contributed by atoms with Gasteiger partial charge in [0.15, 0.2) is 18.7 Å². The van der Waals surface area contributed by atoms with Crippen molar-refractivity contribution in [3.05, 3.63) is 0 Å². The molecule has 0 aliphatic rings. The molecule has 12 heavy (non-hydrogen) atoms. The Labute approximate surface area is 79.4 Å². The van der Waals surface area contributed by atoms with Crippen LogP contribution in [0.4, 0.5) is 0 Å². The van der Waals surface area contributed by atoms with Gasteiger partial charge in [-0.15, -0.1) is 0 Å². The van der Waals surface area contributed by atoms with Crippen LogP contribution in [0.25, 0.3) is 0 Å². The molecule has 76 valence electrons. The summed E-state index contributed by atoms with van der Waals surface area (Å²) in [7, 11) is 1.60. The monoisotopic (exact) mass is 199 g/mol. The van der Waals surface area contributed by atoms with Crippen molar-refractivity contribution < 1.29 is 32.2 Å². The summed E-state index contributed by atoms with van der Waals surface area (Å²) in [6, 6.07) is 0. The SMILES string of the molecule is CC(O)[N+](C)(C(C)O)C(C)O.[Cl-]. The number of aliphatic hydroxyl groups is 3. The fourth-order valence-electron chi connectivity index (χ4n) is 0.937. The fourth-order valence-corrected chi connectivity index (χ4v) is 0.937. The van der Waals surface area contributed by atoms with Crippen molar-refractivity contribution in [1.29, 1.82) is 0 Å². The third-order valence-corrected chi connectivity index (χ3v) is 2.42. The first-order valence-corrected chi connectivity index (χ1v) is 3.73. The zero-order valence-corrected chi connectivity index (χ0v) is 8.65. The average Bonchev–Trinajstić information content (AvgIpc) is 1.84. The van der Waals surface area contributed by atoms with Gasteiger partial charge in [-0.05, 0) is 0 Å². The Bertz CT molecular complexity index is 106. The van der Waals surface area contributed by atoms with E-state index in [9.17, 15) is 15.3 Å². The molecule has 0 spiro atoms. The Morgan fingerprint density at radius 1 is 0.833 bits per heavy atom. The summed E-state index contributed by atoms with van der Waals surface area (Å²) in [5.41, 5.74) is 0. The zero-order chi connectivity index (χ0) is 9.23. The predicted octanol–water partition coefficient (Wildman–Crippen LogP) is -3.55. The Hall–Kier alpha value is 0.130. The van der Waals surface area contributed by atoms with Gasteiger partial charge in [-0.25, -0.2) is 0 Å². The number of nitrogens with zero attached hydrogens (tertiary/aromatic N) is 1. The average molecular weight is 200 g/mol. The van der Waals surface area contributed by atoms with Crippen LogP contribution in [0.15, 0.2) is 0 Å². The number of quaternary nitrogens is 1. The predicted molar refractivity (Wildman–Crippen MR) is 41.2 cm³/mol. The lowest BCUT2D eigenvalue weighted by molar-refractivity contribution is -1.03. The Balaban J connectivity index is 0. The van der Waals surface area contributed by atoms with E-state index < -0.39 is 18.7 Å². The van der Waals surface area contributed by atoms with Gasteiger partial charge in [0.1, 0.15) is 0 Å². The van der Waals surface area contributed by atoms with Gasteiger partial charge in [-0.1, -0.05) is 0 Å². The van der Waals surface area contributed by atoms with Gasteiger partial charge in [-0.2, -0.15) is 0 Å². The summed E-state index contributed by atoms with van der Waals surface area (Å²) in [4.78, 5) is 0. The lowest BCUT2D eigenvalue weighted by Crippen LogP contribution is -3.00. The molecule has 0 radical (unpaired) electrons. The van der Waals surface area contributed by atoms with Gasteiger partial charge in [0.25, 0.3) is 0 Å². The highest BCUT2D eigenvalue weighted by molar-refractivity contribution is 4.40. The second-order valence-corrected chi connectivity index (χ2v) is 3.12. The first-order valence-electron chi connectivity index (χ1n) is 3.73. The van der Waals surface area contributed by atoms with Gasteiger partial charge >= 0.3 is 0 Å². The topological polar surface area (TPSA) is 60.7 Å². The smallest absolute Gasteiger partial charge is 0.191 e. The van der Waals surface area contributed by atoms with Crippen molar-refractivity contribution in [2.24, 2.45) is 0 Å². The first kappa shape index (κ1) is 14.6. The van der Waals surface area contributed by atoms with Gasteiger partial charge in [0, 0.05) is 20.8 Å². The standard InChI is InChI=1S/C7H18NO3.ClH/c1-5(9)8(4,6(2)10)7(3)11;/h5-7,9-11H,1-4H3;1H/q+1;/p-1. The summed E-state index contributed by atoms with van der Waals surface area (Å²) in [5, 5.41) is 27.8. The van der Waals surface area contributed by atoms with Crippen LogP contribution >= 0.6 is 0 Å². The molecular formula is C7H18ClNO3. The summed E-state index contributed by atoms with van der Waals surface area (Å²) < 4.78 is -0.167. The highest BCUT2D eigenvalue weighted by Crippen LogP contribution is 2.16. The number of halogens is 1. The molecular weight excluding hydrogens is 182 g/mol. The van der Waals surface area contributed by atoms with Gasteiger partial charge in [0.05, 0.1) is 7.05 Å². The van der Waals surface area contributed by atoms with Gasteiger partial charge < -0.3 is 27.7 Å². The van der Waals surface area contributed by atoms with E-state index in [-0.39, 0.29) is 16.9 Å². The lowest BCUT2D eigenvalue weighted by Gasteiger charge is -2.41. The van der Waals surface area contributed by atoms with E-state index in [1.54, 1.807) is 27.8 Å². The summed E-state index contributed by atoms with van der Waals surface area (Å²) in [5.74, 6) is 0. The molecule has 0 aromatic rings. The largest absolute Gasteiger partial charge is 1.00 e.